The van der Waals surface area contributed by atoms with Crippen molar-refractivity contribution in [2.75, 3.05) is 32.8 Å². The molecule has 0 aromatic rings. The van der Waals surface area contributed by atoms with Gasteiger partial charge in [-0.15, -0.1) is 0 Å². The summed E-state index contributed by atoms with van der Waals surface area (Å²) < 4.78 is 33.3. The van der Waals surface area contributed by atoms with Crippen LogP contribution in [0.25, 0.3) is 0 Å². The third-order valence-corrected chi connectivity index (χ3v) is 3.67. The highest BCUT2D eigenvalue weighted by Gasteiger charge is 2.16. The number of quaternary nitrogens is 1. The van der Waals surface area contributed by atoms with Crippen LogP contribution >= 0.6 is 0 Å². The van der Waals surface area contributed by atoms with Crippen LogP contribution < -0.4 is 5.73 Å². The van der Waals surface area contributed by atoms with Crippen LogP contribution in [-0.4, -0.2) is 56.1 Å². The number of hydrogen-bond acceptors (Lipinski definition) is 5. The van der Waals surface area contributed by atoms with E-state index in [9.17, 15) is 17.8 Å². The summed E-state index contributed by atoms with van der Waals surface area (Å²) in [5.74, 6) is -0.481. The lowest BCUT2D eigenvalue weighted by Crippen LogP contribution is -2.47. The van der Waals surface area contributed by atoms with Crippen molar-refractivity contribution in [3.05, 3.63) is 12.7 Å². The molecule has 0 rings (SSSR count). The normalized spacial score (nSPS) is 10.6. The third-order valence-electron chi connectivity index (χ3n) is 3.15. The molecular weight excluding hydrogens is 296 g/mol. The fraction of sp³-hybridized carbons (Fsp3) is 0.769. The lowest BCUT2D eigenvalue weighted by Gasteiger charge is -2.34. The van der Waals surface area contributed by atoms with Crippen LogP contribution in [0.3, 0.4) is 0 Å². The van der Waals surface area contributed by atoms with E-state index in [4.69, 9.17) is 0 Å². The van der Waals surface area contributed by atoms with E-state index < -0.39 is 16.3 Å². The molecule has 0 aliphatic heterocycles. The largest absolute Gasteiger partial charge is 0.726 e. The van der Waals surface area contributed by atoms with Crippen LogP contribution in [0.1, 0.15) is 34.6 Å². The molecule has 0 heterocycles. The number of hydrogen-bond donors (Lipinski definition) is 1. The van der Waals surface area contributed by atoms with Crippen LogP contribution in [0.2, 0.25) is 0 Å². The second-order valence-electron chi connectivity index (χ2n) is 4.03. The van der Waals surface area contributed by atoms with Gasteiger partial charge in [-0.05, 0) is 40.7 Å². The first kappa shape index (κ1) is 25.0. The van der Waals surface area contributed by atoms with E-state index in [0.29, 0.717) is 0 Å². The molecule has 0 saturated heterocycles. The Kier molecular flexibility index (Phi) is 16.7. The molecule has 21 heavy (non-hydrogen) atoms. The number of nitrogens with zero attached hydrogens (tertiary/aromatic N) is 1. The third kappa shape index (κ3) is 19.0. The number of rotatable bonds is 7. The molecule has 7 nitrogen and oxygen atoms in total. The second kappa shape index (κ2) is 14.0. The van der Waals surface area contributed by atoms with Crippen molar-refractivity contribution in [1.82, 2.24) is 0 Å². The average molecular weight is 326 g/mol. The van der Waals surface area contributed by atoms with Crippen molar-refractivity contribution in [2.24, 2.45) is 5.73 Å². The highest BCUT2D eigenvalue weighted by molar-refractivity contribution is 7.80. The van der Waals surface area contributed by atoms with E-state index >= 15 is 0 Å². The lowest BCUT2D eigenvalue weighted by atomic mass is 10.3. The maximum Gasteiger partial charge on any atom is 0.240 e. The monoisotopic (exact) mass is 326 g/mol. The Hall–Kier alpha value is -0.960. The Morgan fingerprint density at radius 3 is 1.43 bits per heavy atom. The maximum atomic E-state index is 9.47. The molecule has 2 N–H and O–H groups in total. The van der Waals surface area contributed by atoms with Crippen LogP contribution in [-0.2, 0) is 19.4 Å². The van der Waals surface area contributed by atoms with Crippen LogP contribution in [0.15, 0.2) is 12.7 Å². The van der Waals surface area contributed by atoms with E-state index in [1.54, 1.807) is 0 Å². The van der Waals surface area contributed by atoms with E-state index in [1.165, 1.54) is 37.6 Å². The quantitative estimate of drug-likeness (QED) is 0.325. The zero-order chi connectivity index (χ0) is 17.5. The van der Waals surface area contributed by atoms with E-state index in [2.05, 4.69) is 44.2 Å². The minimum atomic E-state index is -4.42. The van der Waals surface area contributed by atoms with Crippen LogP contribution in [0.5, 0.6) is 0 Å². The molecule has 0 aliphatic rings. The molecule has 0 atom stereocenters. The number of amides is 1. The van der Waals surface area contributed by atoms with Crippen molar-refractivity contribution >= 4 is 16.3 Å². The fourth-order valence-corrected chi connectivity index (χ4v) is 1.77. The first-order chi connectivity index (χ1) is 9.57. The van der Waals surface area contributed by atoms with Gasteiger partial charge in [0.25, 0.3) is 0 Å². The van der Waals surface area contributed by atoms with Gasteiger partial charge in [0, 0.05) is 0 Å². The molecule has 0 aromatic heterocycles. The van der Waals surface area contributed by atoms with Gasteiger partial charge < -0.3 is 14.8 Å². The van der Waals surface area contributed by atoms with Gasteiger partial charge in [-0.2, -0.15) is 0 Å². The molecule has 0 bridgehead atoms. The van der Waals surface area contributed by atoms with E-state index in [0.717, 1.165) is 6.08 Å². The Morgan fingerprint density at radius 1 is 1.14 bits per heavy atom. The first-order valence-electron chi connectivity index (χ1n) is 6.95. The standard InChI is InChI=1S/C8H20N.C3H5NO.C2H6O4S/c1-5-9(6-2,7-3)8-4;1-2-3(4)5;1-2-6-7(3,4)5/h5-8H2,1-4H3;2H,1H2,(H2,4,5);2H2,1H3,(H,3,4,5)/q+1;;/p-1. The van der Waals surface area contributed by atoms with Gasteiger partial charge in [0.2, 0.25) is 16.3 Å². The molecule has 128 valence electrons. The van der Waals surface area contributed by atoms with Crippen molar-refractivity contribution in [3.8, 4) is 0 Å². The van der Waals surface area contributed by atoms with Gasteiger partial charge in [0.1, 0.15) is 0 Å². The Labute approximate surface area is 129 Å². The zero-order valence-electron chi connectivity index (χ0n) is 13.8. The zero-order valence-corrected chi connectivity index (χ0v) is 14.6. The summed E-state index contributed by atoms with van der Waals surface area (Å²) in [6.45, 7) is 18.6. The van der Waals surface area contributed by atoms with Gasteiger partial charge in [-0.25, -0.2) is 8.42 Å². The van der Waals surface area contributed by atoms with Crippen molar-refractivity contribution < 1.29 is 26.4 Å². The Morgan fingerprint density at radius 2 is 1.43 bits per heavy atom. The summed E-state index contributed by atoms with van der Waals surface area (Å²) in [5.41, 5.74) is 4.53. The van der Waals surface area contributed by atoms with Gasteiger partial charge in [-0.1, -0.05) is 6.58 Å². The summed E-state index contributed by atoms with van der Waals surface area (Å²) in [7, 11) is -4.42. The van der Waals surface area contributed by atoms with Crippen LogP contribution in [0, 0.1) is 0 Å². The average Bonchev–Trinajstić information content (AvgIpc) is 2.42. The van der Waals surface area contributed by atoms with E-state index in [1.807, 2.05) is 0 Å². The molecule has 0 unspecified atom stereocenters. The minimum Gasteiger partial charge on any atom is -0.726 e. The number of carbonyl (C=O) groups is 1. The predicted molar refractivity (Wildman–Crippen MR) is 83.1 cm³/mol. The topological polar surface area (TPSA) is 110 Å². The van der Waals surface area contributed by atoms with Crippen molar-refractivity contribution in [3.63, 3.8) is 0 Å². The van der Waals surface area contributed by atoms with Gasteiger partial charge in [0.15, 0.2) is 0 Å². The summed E-state index contributed by atoms with van der Waals surface area (Å²) in [5, 5.41) is 0. The fourth-order valence-electron chi connectivity index (χ4n) is 1.49. The molecule has 1 amide bonds. The molecule has 0 saturated carbocycles. The molecular formula is C13H30N2O5S. The SMILES string of the molecule is C=CC(N)=O.CCOS(=O)(=O)[O-].CC[N+](CC)(CC)CC. The molecule has 0 spiro atoms. The summed E-state index contributed by atoms with van der Waals surface area (Å²) in [6.07, 6.45) is 1.06. The molecule has 8 heteroatoms. The minimum absolute atomic E-state index is 0.0914. The van der Waals surface area contributed by atoms with E-state index in [-0.39, 0.29) is 6.61 Å². The van der Waals surface area contributed by atoms with Gasteiger partial charge in [-0.3, -0.25) is 8.98 Å². The highest BCUT2D eigenvalue weighted by Crippen LogP contribution is 2.03. The second-order valence-corrected chi connectivity index (χ2v) is 5.08. The molecule has 0 radical (unpaired) electrons. The predicted octanol–water partition coefficient (Wildman–Crippen LogP) is 1.02. The summed E-state index contributed by atoms with van der Waals surface area (Å²) >= 11 is 0. The Balaban J connectivity index is -0.000000242. The summed E-state index contributed by atoms with van der Waals surface area (Å²) in [6, 6.07) is 0. The molecule has 0 aromatic carbocycles. The molecule has 0 fully saturated rings. The van der Waals surface area contributed by atoms with Crippen molar-refractivity contribution in [2.45, 2.75) is 34.6 Å². The smallest absolute Gasteiger partial charge is 0.240 e. The van der Waals surface area contributed by atoms with Crippen molar-refractivity contribution in [1.29, 1.82) is 0 Å². The Bertz CT molecular complexity index is 347. The van der Waals surface area contributed by atoms with Gasteiger partial charge in [0.05, 0.1) is 32.8 Å². The first-order valence-corrected chi connectivity index (χ1v) is 8.28. The molecule has 0 aliphatic carbocycles. The lowest BCUT2D eigenvalue weighted by molar-refractivity contribution is -0.921. The number of nitrogens with two attached hydrogens (primary N) is 1. The maximum absolute atomic E-state index is 9.47. The summed E-state index contributed by atoms with van der Waals surface area (Å²) in [4.78, 5) is 9.47. The van der Waals surface area contributed by atoms with Gasteiger partial charge >= 0.3 is 0 Å². The highest BCUT2D eigenvalue weighted by atomic mass is 32.3. The van der Waals surface area contributed by atoms with Crippen LogP contribution in [0.4, 0.5) is 0 Å². The number of primary amides is 1. The number of carbonyl (C=O) groups excluding carboxylic acids is 1.